The summed E-state index contributed by atoms with van der Waals surface area (Å²) in [7, 11) is 0. The van der Waals surface area contributed by atoms with Crippen molar-refractivity contribution in [3.05, 3.63) is 71.3 Å². The minimum Gasteiger partial charge on any atom is -0.463 e. The van der Waals surface area contributed by atoms with Gasteiger partial charge in [-0.15, -0.1) is 0 Å². The number of ether oxygens (including phenoxy) is 1. The number of anilines is 1. The van der Waals surface area contributed by atoms with Crippen LogP contribution in [0.15, 0.2) is 43.0 Å². The summed E-state index contributed by atoms with van der Waals surface area (Å²) in [6.07, 6.45) is 8.28. The lowest BCUT2D eigenvalue weighted by Gasteiger charge is -2.39. The molecule has 0 radical (unpaired) electrons. The summed E-state index contributed by atoms with van der Waals surface area (Å²) in [4.78, 5) is 32.1. The fourth-order valence-corrected chi connectivity index (χ4v) is 8.06. The Morgan fingerprint density at radius 1 is 1.13 bits per heavy atom. The second-order valence-corrected chi connectivity index (χ2v) is 13.8. The van der Waals surface area contributed by atoms with E-state index in [0.29, 0.717) is 54.8 Å². The van der Waals surface area contributed by atoms with Crippen LogP contribution in [0, 0.1) is 23.7 Å². The van der Waals surface area contributed by atoms with Gasteiger partial charge in [0.15, 0.2) is 5.82 Å². The number of fused-ring (bicyclic) bond motifs is 4. The van der Waals surface area contributed by atoms with Crippen LogP contribution in [0.4, 0.5) is 10.2 Å². The van der Waals surface area contributed by atoms with E-state index in [-0.39, 0.29) is 41.3 Å². The Labute approximate surface area is 263 Å². The van der Waals surface area contributed by atoms with E-state index in [1.165, 1.54) is 36.5 Å². The zero-order chi connectivity index (χ0) is 30.7. The standard InChI is InChI=1S/C36H39FN6O2/c1-3-31(44)43-16-15-42(20-24(43)19-38-2)34-28-10-9-27(25-7-6-8-26-29-17-23(29)18-30(25)26)32(37)33(28)39-35(40-34)45-22-36(11-12-36)21-41-13-4-5-14-41/h3,6-10,23-24,29H,1,4-5,11-22H2/t23?,24-,29?/m0/s1. The molecular weight excluding hydrogens is 567 g/mol. The monoisotopic (exact) mass is 606 g/mol. The third-order valence-corrected chi connectivity index (χ3v) is 10.8. The number of likely N-dealkylation sites (tertiary alicyclic amines) is 1. The number of benzene rings is 2. The molecule has 0 N–H and O–H groups in total. The average Bonchev–Trinajstić information content (AvgIpc) is 3.91. The van der Waals surface area contributed by atoms with Gasteiger partial charge in [-0.05, 0) is 92.3 Å². The molecule has 1 aromatic heterocycles. The summed E-state index contributed by atoms with van der Waals surface area (Å²) in [6, 6.07) is 9.95. The first-order valence-electron chi connectivity index (χ1n) is 16.5. The van der Waals surface area contributed by atoms with Gasteiger partial charge in [-0.1, -0.05) is 30.8 Å². The first-order chi connectivity index (χ1) is 22.0. The van der Waals surface area contributed by atoms with Crippen LogP contribution in [-0.2, 0) is 11.2 Å². The Morgan fingerprint density at radius 2 is 1.98 bits per heavy atom. The number of carbonyl (C=O) groups is 1. The van der Waals surface area contributed by atoms with Crippen molar-refractivity contribution in [2.75, 3.05) is 57.3 Å². The fraction of sp³-hybridized carbons (Fsp3) is 0.500. The number of hydrogen-bond acceptors (Lipinski definition) is 6. The van der Waals surface area contributed by atoms with Crippen LogP contribution in [0.2, 0.25) is 0 Å². The SMILES string of the molecule is [C-]#[N+]C[C@H]1CN(c2nc(OCC3(CN4CCCC4)CC3)nc3c(F)c(-c4cccc5c4CC4CC54)ccc23)CCN1C(=O)C=C. The molecule has 45 heavy (non-hydrogen) atoms. The van der Waals surface area contributed by atoms with Gasteiger partial charge >= 0.3 is 6.01 Å². The van der Waals surface area contributed by atoms with Gasteiger partial charge in [-0.25, -0.2) is 11.0 Å². The summed E-state index contributed by atoms with van der Waals surface area (Å²) in [6.45, 7) is 16.5. The van der Waals surface area contributed by atoms with Crippen LogP contribution in [0.3, 0.4) is 0 Å². The highest BCUT2D eigenvalue weighted by Gasteiger charge is 2.46. The van der Waals surface area contributed by atoms with Crippen molar-refractivity contribution in [1.82, 2.24) is 19.8 Å². The Bertz CT molecular complexity index is 1720. The highest BCUT2D eigenvalue weighted by atomic mass is 19.1. The zero-order valence-corrected chi connectivity index (χ0v) is 25.7. The lowest BCUT2D eigenvalue weighted by Crippen LogP contribution is -2.56. The van der Waals surface area contributed by atoms with E-state index in [9.17, 15) is 4.79 Å². The highest BCUT2D eigenvalue weighted by molar-refractivity contribution is 5.94. The maximum atomic E-state index is 16.8. The minimum atomic E-state index is -0.355. The molecule has 2 aromatic carbocycles. The minimum absolute atomic E-state index is 0.103. The summed E-state index contributed by atoms with van der Waals surface area (Å²) in [5, 5.41) is 0.613. The number of piperazine rings is 1. The van der Waals surface area contributed by atoms with E-state index in [0.717, 1.165) is 44.5 Å². The van der Waals surface area contributed by atoms with E-state index in [1.807, 2.05) is 18.2 Å². The molecule has 232 valence electrons. The van der Waals surface area contributed by atoms with Gasteiger partial charge in [-0.3, -0.25) is 4.79 Å². The number of nitrogens with zero attached hydrogens (tertiary/aromatic N) is 6. The smallest absolute Gasteiger partial charge is 0.319 e. The van der Waals surface area contributed by atoms with Crippen molar-refractivity contribution in [1.29, 1.82) is 0 Å². The molecule has 0 bridgehead atoms. The van der Waals surface area contributed by atoms with Gasteiger partial charge in [-0.2, -0.15) is 9.97 Å². The van der Waals surface area contributed by atoms with E-state index >= 15 is 4.39 Å². The van der Waals surface area contributed by atoms with E-state index in [2.05, 4.69) is 33.4 Å². The summed E-state index contributed by atoms with van der Waals surface area (Å²) >= 11 is 0. The van der Waals surface area contributed by atoms with Crippen molar-refractivity contribution < 1.29 is 13.9 Å². The van der Waals surface area contributed by atoms with Crippen molar-refractivity contribution in [2.24, 2.45) is 11.3 Å². The zero-order valence-electron chi connectivity index (χ0n) is 25.7. The average molecular weight is 607 g/mol. The van der Waals surface area contributed by atoms with Crippen LogP contribution in [0.1, 0.15) is 49.1 Å². The predicted octanol–water partition coefficient (Wildman–Crippen LogP) is 5.47. The molecule has 2 saturated carbocycles. The Balaban J connectivity index is 1.17. The van der Waals surface area contributed by atoms with Crippen LogP contribution in [-0.4, -0.2) is 84.1 Å². The topological polar surface area (TPSA) is 66.2 Å². The van der Waals surface area contributed by atoms with Gasteiger partial charge in [0.05, 0.1) is 6.61 Å². The molecule has 4 fully saturated rings. The van der Waals surface area contributed by atoms with Crippen molar-refractivity contribution in [2.45, 2.75) is 50.5 Å². The maximum absolute atomic E-state index is 16.8. The highest BCUT2D eigenvalue weighted by Crippen LogP contribution is 2.58. The number of amides is 1. The second kappa shape index (κ2) is 11.1. The molecule has 2 aliphatic heterocycles. The molecule has 8 rings (SSSR count). The molecule has 3 heterocycles. The van der Waals surface area contributed by atoms with Gasteiger partial charge in [0, 0.05) is 42.5 Å². The summed E-state index contributed by atoms with van der Waals surface area (Å²) in [5.74, 6) is 1.37. The van der Waals surface area contributed by atoms with Crippen LogP contribution in [0.25, 0.3) is 26.9 Å². The first kappa shape index (κ1) is 28.4. The second-order valence-electron chi connectivity index (χ2n) is 13.8. The Kier molecular flexibility index (Phi) is 7.01. The largest absolute Gasteiger partial charge is 0.463 e. The number of halogens is 1. The lowest BCUT2D eigenvalue weighted by atomic mass is 9.93. The van der Waals surface area contributed by atoms with Gasteiger partial charge in [0.1, 0.15) is 17.4 Å². The number of carbonyl (C=O) groups excluding carboxylic acids is 1. The van der Waals surface area contributed by atoms with Gasteiger partial charge < -0.3 is 24.3 Å². The normalized spacial score (nSPS) is 24.7. The third-order valence-electron chi connectivity index (χ3n) is 10.8. The lowest BCUT2D eigenvalue weighted by molar-refractivity contribution is -0.128. The molecule has 3 atom stereocenters. The van der Waals surface area contributed by atoms with Crippen LogP contribution >= 0.6 is 0 Å². The van der Waals surface area contributed by atoms with Crippen molar-refractivity contribution in [3.63, 3.8) is 0 Å². The van der Waals surface area contributed by atoms with E-state index in [1.54, 1.807) is 4.90 Å². The Hall–Kier alpha value is -4.03. The quantitative estimate of drug-likeness (QED) is 0.238. The van der Waals surface area contributed by atoms with Crippen LogP contribution in [0.5, 0.6) is 6.01 Å². The fourth-order valence-electron chi connectivity index (χ4n) is 8.06. The van der Waals surface area contributed by atoms with Gasteiger partial charge in [0.25, 0.3) is 0 Å². The maximum Gasteiger partial charge on any atom is 0.319 e. The van der Waals surface area contributed by atoms with Gasteiger partial charge in [0.2, 0.25) is 12.5 Å². The molecule has 5 aliphatic rings. The molecular formula is C36H39FN6O2. The van der Waals surface area contributed by atoms with Crippen molar-refractivity contribution >= 4 is 22.6 Å². The summed E-state index contributed by atoms with van der Waals surface area (Å²) in [5.41, 5.74) is 4.52. The van der Waals surface area contributed by atoms with E-state index in [4.69, 9.17) is 21.3 Å². The Morgan fingerprint density at radius 3 is 2.76 bits per heavy atom. The molecule has 9 heteroatoms. The molecule has 0 spiro atoms. The van der Waals surface area contributed by atoms with Crippen LogP contribution < -0.4 is 9.64 Å². The number of aromatic nitrogens is 2. The number of hydrogen-bond donors (Lipinski definition) is 0. The third kappa shape index (κ3) is 5.13. The molecule has 8 nitrogen and oxygen atoms in total. The molecule has 2 unspecified atom stereocenters. The van der Waals surface area contributed by atoms with Crippen molar-refractivity contribution in [3.8, 4) is 17.1 Å². The predicted molar refractivity (Wildman–Crippen MR) is 172 cm³/mol. The molecule has 3 aromatic rings. The first-order valence-corrected chi connectivity index (χ1v) is 16.5. The molecule has 3 aliphatic carbocycles. The summed E-state index contributed by atoms with van der Waals surface area (Å²) < 4.78 is 23.1. The molecule has 2 saturated heterocycles. The molecule has 1 amide bonds. The number of rotatable bonds is 9. The van der Waals surface area contributed by atoms with E-state index < -0.39 is 0 Å².